The van der Waals surface area contributed by atoms with Crippen LogP contribution >= 0.6 is 0 Å². The van der Waals surface area contributed by atoms with Gasteiger partial charge in [-0.3, -0.25) is 14.9 Å². The van der Waals surface area contributed by atoms with E-state index in [0.29, 0.717) is 18.2 Å². The summed E-state index contributed by atoms with van der Waals surface area (Å²) in [5, 5.41) is 22.9. The summed E-state index contributed by atoms with van der Waals surface area (Å²) in [7, 11) is 0. The number of nitrogens with one attached hydrogen (secondary N) is 1. The predicted octanol–water partition coefficient (Wildman–Crippen LogP) is 4.40. The van der Waals surface area contributed by atoms with Crippen LogP contribution in [0.1, 0.15) is 18.1 Å². The number of aliphatic hydroxyl groups is 1. The molecule has 168 valence electrons. The fraction of sp³-hybridized carbons (Fsp3) is 0.278. The third-order valence-corrected chi connectivity index (χ3v) is 3.93. The number of amides is 1. The molecular weight excluding hydrogens is 438 g/mol. The highest BCUT2D eigenvalue weighted by Crippen LogP contribution is 2.37. The van der Waals surface area contributed by atoms with Crippen LogP contribution < -0.4 is 10.1 Å². The molecule has 2 aromatic rings. The van der Waals surface area contributed by atoms with E-state index in [2.05, 4.69) is 0 Å². The van der Waals surface area contributed by atoms with Gasteiger partial charge in [0.05, 0.1) is 10.5 Å². The molecule has 0 spiro atoms. The average molecular weight is 452 g/mol. The summed E-state index contributed by atoms with van der Waals surface area (Å²) in [5.74, 6) is -1.56. The molecule has 0 bridgehead atoms. The zero-order valence-corrected chi connectivity index (χ0v) is 15.5. The van der Waals surface area contributed by atoms with Crippen LogP contribution in [0.5, 0.6) is 5.75 Å². The number of carbonyl (C=O) groups excluding carboxylic acids is 1. The number of carbonyl (C=O) groups is 1. The maximum Gasteiger partial charge on any atom is 0.423 e. The smallest absolute Gasteiger partial charge is 0.423 e. The Kier molecular flexibility index (Phi) is 6.49. The van der Waals surface area contributed by atoms with Gasteiger partial charge in [-0.25, -0.2) is 0 Å². The minimum absolute atomic E-state index is 0.308. The van der Waals surface area contributed by atoms with Crippen LogP contribution in [0.3, 0.4) is 0 Å². The van der Waals surface area contributed by atoms with Crippen molar-refractivity contribution < 1.29 is 45.9 Å². The topological polar surface area (TPSA) is 102 Å². The number of nitro groups is 1. The van der Waals surface area contributed by atoms with Crippen molar-refractivity contribution in [1.29, 1.82) is 0 Å². The maximum absolute atomic E-state index is 13.0. The molecule has 0 aliphatic carbocycles. The Morgan fingerprint density at radius 2 is 1.74 bits per heavy atom. The highest BCUT2D eigenvalue weighted by molar-refractivity contribution is 5.97. The molecule has 0 fully saturated rings. The van der Waals surface area contributed by atoms with Crippen molar-refractivity contribution in [2.45, 2.75) is 24.9 Å². The molecule has 0 radical (unpaired) electrons. The lowest BCUT2D eigenvalue weighted by Crippen LogP contribution is -2.45. The van der Waals surface area contributed by atoms with Crippen molar-refractivity contribution in [2.75, 3.05) is 11.9 Å². The molecule has 0 heterocycles. The molecule has 31 heavy (non-hydrogen) atoms. The first-order valence-electron chi connectivity index (χ1n) is 8.31. The van der Waals surface area contributed by atoms with Crippen LogP contribution in [-0.2, 0) is 17.1 Å². The van der Waals surface area contributed by atoms with Crippen LogP contribution in [-0.4, -0.2) is 28.1 Å². The molecule has 7 nitrogen and oxygen atoms in total. The molecule has 0 aliphatic rings. The standard InChI is InChI=1S/C18H14F6N2O5/c1-16(28,9-31-12-4-2-3-10(7-12)17(19,20)21)15(27)25-11-5-6-14(26(29)30)13(8-11)18(22,23)24/h2-8,28H,9H2,1H3,(H,25,27). The lowest BCUT2D eigenvalue weighted by atomic mass is 10.1. The van der Waals surface area contributed by atoms with E-state index in [1.165, 1.54) is 0 Å². The molecule has 13 heteroatoms. The largest absolute Gasteiger partial charge is 0.490 e. The molecule has 0 saturated carbocycles. The van der Waals surface area contributed by atoms with Crippen molar-refractivity contribution in [3.05, 3.63) is 63.7 Å². The lowest BCUT2D eigenvalue weighted by molar-refractivity contribution is -0.388. The van der Waals surface area contributed by atoms with Gasteiger partial charge in [0.15, 0.2) is 5.60 Å². The summed E-state index contributed by atoms with van der Waals surface area (Å²) < 4.78 is 82.2. The molecule has 1 unspecified atom stereocenters. The number of benzene rings is 2. The summed E-state index contributed by atoms with van der Waals surface area (Å²) in [6.07, 6.45) is -9.73. The van der Waals surface area contributed by atoms with E-state index < -0.39 is 57.9 Å². The van der Waals surface area contributed by atoms with Crippen molar-refractivity contribution in [3.8, 4) is 5.75 Å². The number of ether oxygens (including phenoxy) is 1. The van der Waals surface area contributed by atoms with Crippen molar-refractivity contribution >= 4 is 17.3 Å². The van der Waals surface area contributed by atoms with Crippen LogP contribution in [0.15, 0.2) is 42.5 Å². The van der Waals surface area contributed by atoms with E-state index in [0.717, 1.165) is 31.2 Å². The van der Waals surface area contributed by atoms with Crippen LogP contribution in [0.4, 0.5) is 37.7 Å². The molecule has 1 amide bonds. The Bertz CT molecular complexity index is 988. The minimum atomic E-state index is -5.09. The number of hydrogen-bond acceptors (Lipinski definition) is 5. The average Bonchev–Trinajstić information content (AvgIpc) is 2.65. The Morgan fingerprint density at radius 1 is 1.10 bits per heavy atom. The van der Waals surface area contributed by atoms with Gasteiger partial charge in [0.25, 0.3) is 11.6 Å². The van der Waals surface area contributed by atoms with Crippen LogP contribution in [0.25, 0.3) is 0 Å². The Labute approximate surface area is 170 Å². The normalized spacial score (nSPS) is 13.9. The monoisotopic (exact) mass is 452 g/mol. The zero-order chi connectivity index (χ0) is 23.6. The number of alkyl halides is 6. The van der Waals surface area contributed by atoms with Gasteiger partial charge in [0.2, 0.25) is 0 Å². The summed E-state index contributed by atoms with van der Waals surface area (Å²) in [6, 6.07) is 5.29. The second-order valence-electron chi connectivity index (χ2n) is 6.53. The van der Waals surface area contributed by atoms with Gasteiger partial charge in [-0.05, 0) is 37.3 Å². The Morgan fingerprint density at radius 3 is 2.29 bits per heavy atom. The molecule has 0 aromatic heterocycles. The van der Waals surface area contributed by atoms with Gasteiger partial charge >= 0.3 is 12.4 Å². The van der Waals surface area contributed by atoms with Gasteiger partial charge in [-0.15, -0.1) is 0 Å². The second-order valence-corrected chi connectivity index (χ2v) is 6.53. The number of nitro benzene ring substituents is 1. The van der Waals surface area contributed by atoms with Gasteiger partial charge in [0, 0.05) is 11.8 Å². The number of nitrogens with zero attached hydrogens (tertiary/aromatic N) is 1. The number of rotatable bonds is 6. The van der Waals surface area contributed by atoms with Crippen molar-refractivity contribution in [3.63, 3.8) is 0 Å². The van der Waals surface area contributed by atoms with E-state index in [1.807, 2.05) is 5.32 Å². The third kappa shape index (κ3) is 6.07. The second kappa shape index (κ2) is 8.41. The van der Waals surface area contributed by atoms with E-state index >= 15 is 0 Å². The molecule has 2 N–H and O–H groups in total. The highest BCUT2D eigenvalue weighted by atomic mass is 19.4. The predicted molar refractivity (Wildman–Crippen MR) is 94.3 cm³/mol. The number of anilines is 1. The molecular formula is C18H14F6N2O5. The summed E-state index contributed by atoms with van der Waals surface area (Å²) >= 11 is 0. The lowest BCUT2D eigenvalue weighted by Gasteiger charge is -2.23. The number of hydrogen-bond donors (Lipinski definition) is 2. The fourth-order valence-corrected chi connectivity index (χ4v) is 2.32. The quantitative estimate of drug-likeness (QED) is 0.384. The van der Waals surface area contributed by atoms with E-state index in [1.54, 1.807) is 0 Å². The third-order valence-electron chi connectivity index (χ3n) is 3.93. The van der Waals surface area contributed by atoms with Crippen LogP contribution in [0.2, 0.25) is 0 Å². The molecule has 2 aromatic carbocycles. The van der Waals surface area contributed by atoms with Crippen LogP contribution in [0, 0.1) is 10.1 Å². The zero-order valence-electron chi connectivity index (χ0n) is 15.5. The van der Waals surface area contributed by atoms with E-state index in [4.69, 9.17) is 4.74 Å². The summed E-state index contributed by atoms with van der Waals surface area (Å²) in [4.78, 5) is 21.7. The van der Waals surface area contributed by atoms with Gasteiger partial charge in [-0.1, -0.05) is 6.07 Å². The molecule has 0 saturated heterocycles. The van der Waals surface area contributed by atoms with Gasteiger partial charge < -0.3 is 15.2 Å². The highest BCUT2D eigenvalue weighted by Gasteiger charge is 2.39. The van der Waals surface area contributed by atoms with Gasteiger partial charge in [-0.2, -0.15) is 26.3 Å². The number of halogens is 6. The summed E-state index contributed by atoms with van der Waals surface area (Å²) in [5.41, 5.74) is -6.74. The fourth-order valence-electron chi connectivity index (χ4n) is 2.32. The Hall–Kier alpha value is -3.35. The van der Waals surface area contributed by atoms with Crippen molar-refractivity contribution in [2.24, 2.45) is 0 Å². The first kappa shape index (κ1) is 23.9. The molecule has 1 atom stereocenters. The summed E-state index contributed by atoms with van der Waals surface area (Å²) in [6.45, 7) is 0.0885. The SMILES string of the molecule is CC(O)(COc1cccc(C(F)(F)F)c1)C(=O)Nc1ccc([N+](=O)[O-])c(C(F)(F)F)c1. The first-order chi connectivity index (χ1) is 14.1. The first-order valence-corrected chi connectivity index (χ1v) is 8.31. The van der Waals surface area contributed by atoms with E-state index in [9.17, 15) is 46.4 Å². The minimum Gasteiger partial charge on any atom is -0.490 e. The Balaban J connectivity index is 2.15. The molecule has 0 aliphatic heterocycles. The van der Waals surface area contributed by atoms with Crippen molar-refractivity contribution in [1.82, 2.24) is 0 Å². The molecule has 2 rings (SSSR count). The van der Waals surface area contributed by atoms with E-state index in [-0.39, 0.29) is 5.75 Å². The maximum atomic E-state index is 13.0. The van der Waals surface area contributed by atoms with Gasteiger partial charge in [0.1, 0.15) is 17.9 Å².